The zero-order valence-corrected chi connectivity index (χ0v) is 9.84. The number of nitrogens with two attached hydrogens (primary N) is 1. The van der Waals surface area contributed by atoms with E-state index in [1.54, 1.807) is 13.0 Å². The predicted octanol–water partition coefficient (Wildman–Crippen LogP) is 2.40. The molecule has 0 fully saturated rings. The number of ether oxygens (including phenoxy) is 1. The van der Waals surface area contributed by atoms with E-state index in [0.717, 1.165) is 0 Å². The van der Waals surface area contributed by atoms with Gasteiger partial charge >= 0.3 is 6.18 Å². The number of nitrogens with one attached hydrogen (secondary N) is 1. The first-order chi connectivity index (χ1) is 8.28. The van der Waals surface area contributed by atoms with Crippen LogP contribution in [0.2, 0.25) is 0 Å². The van der Waals surface area contributed by atoms with Crippen LogP contribution in [0, 0.1) is 12.3 Å². The van der Waals surface area contributed by atoms with Gasteiger partial charge in [-0.3, -0.25) is 5.41 Å². The molecule has 0 atom stereocenters. The first kappa shape index (κ1) is 14.3. The summed E-state index contributed by atoms with van der Waals surface area (Å²) in [5.74, 6) is 0.0445. The Morgan fingerprint density at radius 3 is 2.67 bits per heavy atom. The van der Waals surface area contributed by atoms with Gasteiger partial charge in [0, 0.05) is 23.7 Å². The van der Waals surface area contributed by atoms with E-state index in [0.29, 0.717) is 11.3 Å². The average Bonchev–Trinajstić information content (AvgIpc) is 2.22. The van der Waals surface area contributed by atoms with Crippen LogP contribution in [0.25, 0.3) is 0 Å². The lowest BCUT2D eigenvalue weighted by molar-refractivity contribution is -0.136. The monoisotopic (exact) mass is 261 g/mol. The van der Waals surface area contributed by atoms with Crippen molar-refractivity contribution in [1.82, 2.24) is 4.98 Å². The molecule has 18 heavy (non-hydrogen) atoms. The number of alkyl halides is 3. The molecule has 0 aliphatic carbocycles. The third kappa shape index (κ3) is 5.03. The molecule has 0 radical (unpaired) electrons. The molecule has 0 aromatic carbocycles. The molecular formula is C11H14F3N3O. The van der Waals surface area contributed by atoms with Gasteiger partial charge in [0.2, 0.25) is 5.88 Å². The molecule has 0 amide bonds. The summed E-state index contributed by atoms with van der Waals surface area (Å²) in [7, 11) is 0. The molecular weight excluding hydrogens is 247 g/mol. The van der Waals surface area contributed by atoms with Crippen molar-refractivity contribution < 1.29 is 17.9 Å². The van der Waals surface area contributed by atoms with Crippen molar-refractivity contribution in [2.45, 2.75) is 25.9 Å². The lowest BCUT2D eigenvalue weighted by Crippen LogP contribution is -2.13. The maximum absolute atomic E-state index is 11.9. The number of rotatable bonds is 5. The molecule has 0 aliphatic heterocycles. The highest BCUT2D eigenvalue weighted by atomic mass is 19.4. The molecule has 0 saturated carbocycles. The third-order valence-corrected chi connectivity index (χ3v) is 2.10. The van der Waals surface area contributed by atoms with Gasteiger partial charge in [0.25, 0.3) is 0 Å². The minimum atomic E-state index is -4.17. The van der Waals surface area contributed by atoms with Crippen LogP contribution < -0.4 is 10.5 Å². The Balaban J connectivity index is 2.55. The number of hydrogen-bond acceptors (Lipinski definition) is 3. The molecule has 1 heterocycles. The van der Waals surface area contributed by atoms with Gasteiger partial charge in [0.05, 0.1) is 6.61 Å². The number of halogens is 3. The number of aryl methyl sites for hydroxylation is 1. The summed E-state index contributed by atoms with van der Waals surface area (Å²) in [5.41, 5.74) is 6.34. The van der Waals surface area contributed by atoms with Crippen LogP contribution in [0.3, 0.4) is 0 Å². The van der Waals surface area contributed by atoms with Crippen LogP contribution in [-0.4, -0.2) is 23.6 Å². The van der Waals surface area contributed by atoms with Crippen molar-refractivity contribution in [3.05, 3.63) is 23.4 Å². The van der Waals surface area contributed by atoms with Crippen LogP contribution >= 0.6 is 0 Å². The van der Waals surface area contributed by atoms with Crippen LogP contribution in [0.1, 0.15) is 24.1 Å². The van der Waals surface area contributed by atoms with E-state index < -0.39 is 12.6 Å². The lowest BCUT2D eigenvalue weighted by atomic mass is 10.2. The van der Waals surface area contributed by atoms with Crippen LogP contribution in [-0.2, 0) is 0 Å². The van der Waals surface area contributed by atoms with E-state index in [9.17, 15) is 13.2 Å². The standard InChI is InChI=1S/C11H14F3N3O/c1-7-5-8(10(15)16)6-9(17-7)18-4-2-3-11(12,13)14/h5-6H,2-4H2,1H3,(H3,15,16). The Morgan fingerprint density at radius 2 is 2.11 bits per heavy atom. The van der Waals surface area contributed by atoms with E-state index in [4.69, 9.17) is 15.9 Å². The lowest BCUT2D eigenvalue weighted by Gasteiger charge is -2.09. The molecule has 0 unspecified atom stereocenters. The van der Waals surface area contributed by atoms with Gasteiger partial charge in [-0.1, -0.05) is 0 Å². The van der Waals surface area contributed by atoms with E-state index in [2.05, 4.69) is 4.98 Å². The topological polar surface area (TPSA) is 72.0 Å². The van der Waals surface area contributed by atoms with Gasteiger partial charge in [0.15, 0.2) is 0 Å². The fraction of sp³-hybridized carbons (Fsp3) is 0.455. The highest BCUT2D eigenvalue weighted by molar-refractivity contribution is 5.95. The summed E-state index contributed by atoms with van der Waals surface area (Å²) in [5, 5.41) is 7.27. The van der Waals surface area contributed by atoms with Crippen molar-refractivity contribution in [2.24, 2.45) is 5.73 Å². The van der Waals surface area contributed by atoms with Crippen molar-refractivity contribution >= 4 is 5.84 Å². The summed E-state index contributed by atoms with van der Waals surface area (Å²) >= 11 is 0. The molecule has 4 nitrogen and oxygen atoms in total. The zero-order chi connectivity index (χ0) is 13.8. The molecule has 0 bridgehead atoms. The maximum atomic E-state index is 11.9. The Hall–Kier alpha value is -1.79. The van der Waals surface area contributed by atoms with Crippen molar-refractivity contribution in [2.75, 3.05) is 6.61 Å². The molecule has 0 spiro atoms. The summed E-state index contributed by atoms with van der Waals surface area (Å²) in [6, 6.07) is 3.04. The first-order valence-electron chi connectivity index (χ1n) is 5.30. The fourth-order valence-electron chi connectivity index (χ4n) is 1.32. The van der Waals surface area contributed by atoms with Gasteiger partial charge < -0.3 is 10.5 Å². The predicted molar refractivity (Wildman–Crippen MR) is 60.8 cm³/mol. The van der Waals surface area contributed by atoms with Crippen LogP contribution in [0.5, 0.6) is 5.88 Å². The quantitative estimate of drug-likeness (QED) is 0.485. The Morgan fingerprint density at radius 1 is 1.44 bits per heavy atom. The molecule has 1 aromatic heterocycles. The Kier molecular flexibility index (Phi) is 4.52. The molecule has 100 valence electrons. The average molecular weight is 261 g/mol. The second kappa shape index (κ2) is 5.70. The second-order valence-corrected chi connectivity index (χ2v) is 3.82. The van der Waals surface area contributed by atoms with Gasteiger partial charge in [0.1, 0.15) is 5.84 Å². The Bertz CT molecular complexity index is 432. The molecule has 1 rings (SSSR count). The number of aromatic nitrogens is 1. The normalized spacial score (nSPS) is 11.3. The van der Waals surface area contributed by atoms with Gasteiger partial charge in [-0.15, -0.1) is 0 Å². The smallest absolute Gasteiger partial charge is 0.389 e. The molecule has 0 saturated heterocycles. The van der Waals surface area contributed by atoms with Gasteiger partial charge in [-0.2, -0.15) is 13.2 Å². The largest absolute Gasteiger partial charge is 0.478 e. The van der Waals surface area contributed by atoms with Gasteiger partial charge in [-0.25, -0.2) is 4.98 Å². The van der Waals surface area contributed by atoms with Crippen LogP contribution in [0.4, 0.5) is 13.2 Å². The highest BCUT2D eigenvalue weighted by Crippen LogP contribution is 2.21. The van der Waals surface area contributed by atoms with E-state index in [1.807, 2.05) is 0 Å². The molecule has 1 aromatic rings. The second-order valence-electron chi connectivity index (χ2n) is 3.82. The fourth-order valence-corrected chi connectivity index (χ4v) is 1.32. The van der Waals surface area contributed by atoms with E-state index in [-0.39, 0.29) is 24.7 Å². The van der Waals surface area contributed by atoms with E-state index in [1.165, 1.54) is 6.07 Å². The number of nitrogens with zero attached hydrogens (tertiary/aromatic N) is 1. The molecule has 3 N–H and O–H groups in total. The summed E-state index contributed by atoms with van der Waals surface area (Å²) in [6.07, 6.45) is -5.19. The number of pyridine rings is 1. The minimum Gasteiger partial charge on any atom is -0.478 e. The van der Waals surface area contributed by atoms with E-state index >= 15 is 0 Å². The van der Waals surface area contributed by atoms with Crippen molar-refractivity contribution in [3.63, 3.8) is 0 Å². The third-order valence-electron chi connectivity index (χ3n) is 2.10. The summed E-state index contributed by atoms with van der Waals surface area (Å²) < 4.78 is 40.8. The first-order valence-corrected chi connectivity index (χ1v) is 5.30. The summed E-state index contributed by atoms with van der Waals surface area (Å²) in [4.78, 5) is 3.99. The molecule has 0 aliphatic rings. The van der Waals surface area contributed by atoms with Crippen molar-refractivity contribution in [1.29, 1.82) is 5.41 Å². The molecule has 7 heteroatoms. The van der Waals surface area contributed by atoms with Gasteiger partial charge in [-0.05, 0) is 19.4 Å². The maximum Gasteiger partial charge on any atom is 0.389 e. The van der Waals surface area contributed by atoms with Crippen molar-refractivity contribution in [3.8, 4) is 5.88 Å². The highest BCUT2D eigenvalue weighted by Gasteiger charge is 2.26. The zero-order valence-electron chi connectivity index (χ0n) is 9.84. The number of nitrogen functional groups attached to an aromatic ring is 1. The number of amidine groups is 1. The minimum absolute atomic E-state index is 0.0761. The SMILES string of the molecule is Cc1cc(C(=N)N)cc(OCCCC(F)(F)F)n1. The Labute approximate surface area is 102 Å². The summed E-state index contributed by atoms with van der Waals surface area (Å²) in [6.45, 7) is 1.61. The van der Waals surface area contributed by atoms with Crippen LogP contribution in [0.15, 0.2) is 12.1 Å². The number of hydrogen-bond donors (Lipinski definition) is 2.